The van der Waals surface area contributed by atoms with E-state index in [4.69, 9.17) is 0 Å². The van der Waals surface area contributed by atoms with Crippen LogP contribution < -0.4 is 10.6 Å². The van der Waals surface area contributed by atoms with Gasteiger partial charge in [0.2, 0.25) is 5.91 Å². The third-order valence-electron chi connectivity index (χ3n) is 2.90. The van der Waals surface area contributed by atoms with Crippen LogP contribution in [0.15, 0.2) is 24.0 Å². The molecule has 3 heterocycles. The van der Waals surface area contributed by atoms with Gasteiger partial charge in [0, 0.05) is 0 Å². The van der Waals surface area contributed by atoms with Gasteiger partial charge in [0.25, 0.3) is 0 Å². The number of aromatic nitrogens is 2. The molecule has 1 unspecified atom stereocenters. The van der Waals surface area contributed by atoms with E-state index in [1.807, 2.05) is 18.4 Å². The summed E-state index contributed by atoms with van der Waals surface area (Å²) in [5.74, 6) is 0.700. The summed E-state index contributed by atoms with van der Waals surface area (Å²) in [6, 6.07) is -0.271. The van der Waals surface area contributed by atoms with Crippen LogP contribution >= 0.6 is 11.3 Å². The molecule has 2 N–H and O–H groups in total. The van der Waals surface area contributed by atoms with E-state index in [9.17, 15) is 4.79 Å². The van der Waals surface area contributed by atoms with Crippen molar-refractivity contribution in [1.29, 1.82) is 0 Å². The molecule has 0 fully saturated rings. The van der Waals surface area contributed by atoms with Gasteiger partial charge >= 0.3 is 0 Å². The fourth-order valence-corrected chi connectivity index (χ4v) is 2.86. The SMILES string of the molecule is Cc1csc2ncnc(NC3CC=CNC3=O)c12. The lowest BCUT2D eigenvalue weighted by Gasteiger charge is -2.19. The van der Waals surface area contributed by atoms with Gasteiger partial charge in [-0.15, -0.1) is 11.3 Å². The van der Waals surface area contributed by atoms with Gasteiger partial charge in [0.1, 0.15) is 23.0 Å². The molecule has 18 heavy (non-hydrogen) atoms. The standard InChI is InChI=1S/C12H12N4OS/c1-7-5-18-12-9(7)10(14-6-15-12)16-8-3-2-4-13-11(8)17/h2,4-6,8H,3H2,1H3,(H,13,17)(H,14,15,16). The van der Waals surface area contributed by atoms with Crippen molar-refractivity contribution < 1.29 is 4.79 Å². The Morgan fingerprint density at radius 3 is 3.22 bits per heavy atom. The zero-order valence-electron chi connectivity index (χ0n) is 9.80. The first kappa shape index (κ1) is 11.2. The van der Waals surface area contributed by atoms with Crippen molar-refractivity contribution in [3.63, 3.8) is 0 Å². The number of carbonyl (C=O) groups is 1. The third kappa shape index (κ3) is 1.84. The lowest BCUT2D eigenvalue weighted by Crippen LogP contribution is -2.39. The highest BCUT2D eigenvalue weighted by Crippen LogP contribution is 2.29. The summed E-state index contributed by atoms with van der Waals surface area (Å²) in [5.41, 5.74) is 1.13. The number of anilines is 1. The van der Waals surface area contributed by atoms with E-state index in [1.54, 1.807) is 17.5 Å². The number of thiophene rings is 1. The summed E-state index contributed by atoms with van der Waals surface area (Å²) in [4.78, 5) is 21.1. The Morgan fingerprint density at radius 2 is 2.39 bits per heavy atom. The van der Waals surface area contributed by atoms with Crippen LogP contribution in [-0.4, -0.2) is 21.9 Å². The Morgan fingerprint density at radius 1 is 1.50 bits per heavy atom. The van der Waals surface area contributed by atoms with Gasteiger partial charge in [0.15, 0.2) is 0 Å². The summed E-state index contributed by atoms with van der Waals surface area (Å²) in [7, 11) is 0. The Labute approximate surface area is 108 Å². The zero-order chi connectivity index (χ0) is 12.5. The maximum Gasteiger partial charge on any atom is 0.246 e. The summed E-state index contributed by atoms with van der Waals surface area (Å²) in [5, 5.41) is 8.93. The predicted molar refractivity (Wildman–Crippen MR) is 71.5 cm³/mol. The highest BCUT2D eigenvalue weighted by molar-refractivity contribution is 7.17. The maximum absolute atomic E-state index is 11.7. The number of carbonyl (C=O) groups excluding carboxylic acids is 1. The summed E-state index contributed by atoms with van der Waals surface area (Å²) >= 11 is 1.59. The largest absolute Gasteiger partial charge is 0.357 e. The van der Waals surface area contributed by atoms with E-state index in [2.05, 4.69) is 20.6 Å². The van der Waals surface area contributed by atoms with Crippen molar-refractivity contribution in [2.75, 3.05) is 5.32 Å². The summed E-state index contributed by atoms with van der Waals surface area (Å²) in [6.07, 6.45) is 5.79. The minimum atomic E-state index is -0.271. The lowest BCUT2D eigenvalue weighted by molar-refractivity contribution is -0.121. The van der Waals surface area contributed by atoms with Gasteiger partial charge in [-0.25, -0.2) is 9.97 Å². The molecule has 2 aromatic heterocycles. The molecule has 92 valence electrons. The normalized spacial score (nSPS) is 18.9. The molecule has 0 radical (unpaired) electrons. The molecule has 0 aromatic carbocycles. The molecule has 0 saturated heterocycles. The number of fused-ring (bicyclic) bond motifs is 1. The van der Waals surface area contributed by atoms with Crippen LogP contribution in [-0.2, 0) is 4.79 Å². The van der Waals surface area contributed by atoms with Gasteiger partial charge in [-0.05, 0) is 30.5 Å². The molecule has 1 amide bonds. The lowest BCUT2D eigenvalue weighted by atomic mass is 10.1. The van der Waals surface area contributed by atoms with E-state index in [1.165, 1.54) is 6.33 Å². The van der Waals surface area contributed by atoms with Crippen molar-refractivity contribution in [3.8, 4) is 0 Å². The number of aryl methyl sites for hydroxylation is 1. The average Bonchev–Trinajstić information content (AvgIpc) is 2.75. The third-order valence-corrected chi connectivity index (χ3v) is 3.90. The first-order chi connectivity index (χ1) is 8.75. The first-order valence-corrected chi connectivity index (χ1v) is 6.54. The zero-order valence-corrected chi connectivity index (χ0v) is 10.6. The van der Waals surface area contributed by atoms with Crippen LogP contribution in [0.25, 0.3) is 10.2 Å². The number of hydrogen-bond acceptors (Lipinski definition) is 5. The van der Waals surface area contributed by atoms with Gasteiger partial charge < -0.3 is 10.6 Å². The van der Waals surface area contributed by atoms with Gasteiger partial charge in [-0.3, -0.25) is 4.79 Å². The number of amides is 1. The molecule has 2 aromatic rings. The van der Waals surface area contributed by atoms with Crippen molar-refractivity contribution in [2.45, 2.75) is 19.4 Å². The van der Waals surface area contributed by atoms with Crippen LogP contribution in [0.3, 0.4) is 0 Å². The highest BCUT2D eigenvalue weighted by atomic mass is 32.1. The fraction of sp³-hybridized carbons (Fsp3) is 0.250. The van der Waals surface area contributed by atoms with E-state index in [0.717, 1.165) is 21.6 Å². The van der Waals surface area contributed by atoms with Crippen molar-refractivity contribution in [3.05, 3.63) is 29.5 Å². The molecule has 0 aliphatic carbocycles. The highest BCUT2D eigenvalue weighted by Gasteiger charge is 2.20. The number of nitrogens with one attached hydrogen (secondary N) is 2. The Bertz CT molecular complexity index is 634. The Kier molecular flexibility index (Phi) is 2.71. The molecule has 6 heteroatoms. The molecule has 1 aliphatic rings. The molecule has 5 nitrogen and oxygen atoms in total. The molecule has 1 aliphatic heterocycles. The second-order valence-corrected chi connectivity index (χ2v) is 5.02. The topological polar surface area (TPSA) is 66.9 Å². The van der Waals surface area contributed by atoms with Gasteiger partial charge in [0.05, 0.1) is 5.39 Å². The van der Waals surface area contributed by atoms with Crippen molar-refractivity contribution in [2.24, 2.45) is 0 Å². The van der Waals surface area contributed by atoms with Crippen LogP contribution in [0, 0.1) is 6.92 Å². The Hall–Kier alpha value is -1.95. The minimum Gasteiger partial charge on any atom is -0.357 e. The Balaban J connectivity index is 1.97. The first-order valence-electron chi connectivity index (χ1n) is 5.66. The number of rotatable bonds is 2. The second-order valence-electron chi connectivity index (χ2n) is 4.16. The second kappa shape index (κ2) is 4.38. The molecule has 3 rings (SSSR count). The monoisotopic (exact) mass is 260 g/mol. The average molecular weight is 260 g/mol. The van der Waals surface area contributed by atoms with E-state index in [0.29, 0.717) is 6.42 Å². The van der Waals surface area contributed by atoms with E-state index in [-0.39, 0.29) is 11.9 Å². The van der Waals surface area contributed by atoms with E-state index < -0.39 is 0 Å². The van der Waals surface area contributed by atoms with Gasteiger partial charge in [-0.1, -0.05) is 6.08 Å². The number of hydrogen-bond donors (Lipinski definition) is 2. The summed E-state index contributed by atoms with van der Waals surface area (Å²) < 4.78 is 0. The maximum atomic E-state index is 11.7. The molecule has 0 saturated carbocycles. The van der Waals surface area contributed by atoms with Crippen molar-refractivity contribution in [1.82, 2.24) is 15.3 Å². The van der Waals surface area contributed by atoms with E-state index >= 15 is 0 Å². The predicted octanol–water partition coefficient (Wildman–Crippen LogP) is 1.81. The molecule has 1 atom stereocenters. The molecular weight excluding hydrogens is 248 g/mol. The fourth-order valence-electron chi connectivity index (χ4n) is 1.97. The molecule has 0 spiro atoms. The minimum absolute atomic E-state index is 0.0304. The van der Waals surface area contributed by atoms with Crippen LogP contribution in [0.5, 0.6) is 0 Å². The van der Waals surface area contributed by atoms with Crippen molar-refractivity contribution >= 4 is 33.3 Å². The summed E-state index contributed by atoms with van der Waals surface area (Å²) in [6.45, 7) is 2.02. The number of nitrogens with zero attached hydrogens (tertiary/aromatic N) is 2. The van der Waals surface area contributed by atoms with Crippen LogP contribution in [0.2, 0.25) is 0 Å². The molecule has 0 bridgehead atoms. The van der Waals surface area contributed by atoms with Crippen LogP contribution in [0.1, 0.15) is 12.0 Å². The van der Waals surface area contributed by atoms with Gasteiger partial charge in [-0.2, -0.15) is 0 Å². The molecular formula is C12H12N4OS. The van der Waals surface area contributed by atoms with Crippen LogP contribution in [0.4, 0.5) is 5.82 Å². The smallest absolute Gasteiger partial charge is 0.246 e. The quantitative estimate of drug-likeness (QED) is 0.864.